The number of carbonyl (C=O) groups is 1. The van der Waals surface area contributed by atoms with Crippen molar-refractivity contribution in [3.63, 3.8) is 0 Å². The fourth-order valence-corrected chi connectivity index (χ4v) is 7.53. The lowest BCUT2D eigenvalue weighted by atomic mass is 10.0. The van der Waals surface area contributed by atoms with Gasteiger partial charge in [0.25, 0.3) is 7.82 Å². The molecule has 0 N–H and O–H groups in total. The van der Waals surface area contributed by atoms with Gasteiger partial charge in [-0.2, -0.15) is 0 Å². The van der Waals surface area contributed by atoms with E-state index in [-0.39, 0.29) is 25.8 Å². The Hall–Kier alpha value is -1.18. The van der Waals surface area contributed by atoms with Crippen molar-refractivity contribution in [3.05, 3.63) is 24.5 Å². The number of phosphoric acid groups is 1. The van der Waals surface area contributed by atoms with Gasteiger partial charge in [-0.3, -0.25) is 9.36 Å². The molecule has 0 aliphatic rings. The van der Waals surface area contributed by atoms with E-state index in [1.165, 1.54) is 173 Å². The van der Waals surface area contributed by atoms with E-state index in [2.05, 4.69) is 26.0 Å². The van der Waals surface area contributed by atoms with Gasteiger partial charge in [0.1, 0.15) is 19.8 Å². The first-order valence-corrected chi connectivity index (χ1v) is 25.6. The van der Waals surface area contributed by atoms with E-state index in [1.54, 1.807) is 6.26 Å². The van der Waals surface area contributed by atoms with Gasteiger partial charge < -0.3 is 27.9 Å². The zero-order chi connectivity index (χ0) is 42.0. The first-order valence-electron chi connectivity index (χ1n) is 24.1. The maximum absolute atomic E-state index is 12.7. The Bertz CT molecular complexity index is 967. The lowest BCUT2D eigenvalue weighted by molar-refractivity contribution is -0.870. The number of ether oxygens (including phenoxy) is 2. The van der Waals surface area contributed by atoms with Gasteiger partial charge in [-0.25, -0.2) is 0 Å². The van der Waals surface area contributed by atoms with Crippen molar-refractivity contribution in [1.82, 2.24) is 0 Å². The molecule has 9 heteroatoms. The highest BCUT2D eigenvalue weighted by molar-refractivity contribution is 7.45. The van der Waals surface area contributed by atoms with Gasteiger partial charge in [-0.05, 0) is 51.0 Å². The monoisotopic (exact) mass is 828 g/mol. The van der Waals surface area contributed by atoms with Gasteiger partial charge in [0.15, 0.2) is 6.10 Å². The quantitative estimate of drug-likeness (QED) is 0.0151. The van der Waals surface area contributed by atoms with Crippen LogP contribution in [0.1, 0.15) is 226 Å². The molecule has 57 heavy (non-hydrogen) atoms. The maximum atomic E-state index is 12.7. The molecule has 0 saturated heterocycles. The lowest BCUT2D eigenvalue weighted by Crippen LogP contribution is -2.37. The zero-order valence-electron chi connectivity index (χ0n) is 38.3. The molecule has 0 rings (SSSR count). The van der Waals surface area contributed by atoms with E-state index in [0.717, 1.165) is 32.1 Å². The van der Waals surface area contributed by atoms with Crippen LogP contribution in [0, 0.1) is 0 Å². The number of carbonyl (C=O) groups excluding carboxylic acids is 1. The summed E-state index contributed by atoms with van der Waals surface area (Å²) in [5, 5.41) is 0. The summed E-state index contributed by atoms with van der Waals surface area (Å²) in [5.74, 6) is -0.353. The molecule has 0 spiro atoms. The molecule has 0 aromatic rings. The third kappa shape index (κ3) is 45.7. The molecule has 0 saturated carbocycles. The van der Waals surface area contributed by atoms with E-state index in [0.29, 0.717) is 17.4 Å². The molecule has 2 unspecified atom stereocenters. The SMILES string of the molecule is CCCCCC/C=C\CCCCCCCC/C=C\OCC(COP(=O)([O-])OCC[N+](C)(C)C)OC(=O)CCCCCCCCCCCCCCCCCCCCC. The predicted molar refractivity (Wildman–Crippen MR) is 240 cm³/mol. The highest BCUT2D eigenvalue weighted by Gasteiger charge is 2.20. The maximum Gasteiger partial charge on any atom is 0.306 e. The standard InChI is InChI=1S/C48H94NO7P/c1-6-8-10-12-14-16-18-20-22-24-25-26-27-29-31-33-35-37-39-41-48(50)56-47(46-55-57(51,52)54-44-42-49(3,4)5)45-53-43-40-38-36-34-32-30-28-23-21-19-17-15-13-11-9-7-2/h17,19,40,43,47H,6-16,18,20-39,41-42,44-46H2,1-5H3/b19-17-,43-40-. The molecule has 0 heterocycles. The molecule has 0 bridgehead atoms. The first-order chi connectivity index (χ1) is 27.6. The molecule has 2 atom stereocenters. The number of hydrogen-bond acceptors (Lipinski definition) is 7. The molecule has 0 aliphatic heterocycles. The molecular formula is C48H94NO7P. The number of esters is 1. The number of hydrogen-bond donors (Lipinski definition) is 0. The first kappa shape index (κ1) is 55.8. The van der Waals surface area contributed by atoms with Crippen LogP contribution in [0.4, 0.5) is 0 Å². The topological polar surface area (TPSA) is 94.1 Å². The van der Waals surface area contributed by atoms with E-state index in [1.807, 2.05) is 27.2 Å². The summed E-state index contributed by atoms with van der Waals surface area (Å²) in [6.07, 6.45) is 48.6. The molecule has 0 aliphatic carbocycles. The minimum absolute atomic E-state index is 0.0178. The molecule has 8 nitrogen and oxygen atoms in total. The number of rotatable bonds is 45. The molecule has 0 aromatic carbocycles. The van der Waals surface area contributed by atoms with Gasteiger partial charge in [-0.15, -0.1) is 0 Å². The highest BCUT2D eigenvalue weighted by Crippen LogP contribution is 2.38. The summed E-state index contributed by atoms with van der Waals surface area (Å²) in [5.41, 5.74) is 0. The van der Waals surface area contributed by atoms with Crippen LogP contribution >= 0.6 is 7.82 Å². The predicted octanol–water partition coefficient (Wildman–Crippen LogP) is 14.1. The average Bonchev–Trinajstić information content (AvgIpc) is 3.16. The second kappa shape index (κ2) is 41.5. The summed E-state index contributed by atoms with van der Waals surface area (Å²) in [4.78, 5) is 25.1. The van der Waals surface area contributed by atoms with Crippen molar-refractivity contribution in [2.45, 2.75) is 232 Å². The lowest BCUT2D eigenvalue weighted by Gasteiger charge is -2.28. The molecular weight excluding hydrogens is 734 g/mol. The summed E-state index contributed by atoms with van der Waals surface area (Å²) in [6, 6.07) is 0. The Balaban J connectivity index is 4.20. The fourth-order valence-electron chi connectivity index (χ4n) is 6.80. The molecule has 0 aromatic heterocycles. The average molecular weight is 828 g/mol. The van der Waals surface area contributed by atoms with Crippen LogP contribution in [0.2, 0.25) is 0 Å². The second-order valence-corrected chi connectivity index (χ2v) is 19.0. The van der Waals surface area contributed by atoms with Crippen molar-refractivity contribution in [1.29, 1.82) is 0 Å². The number of phosphoric ester groups is 1. The number of unbranched alkanes of at least 4 members (excludes halogenated alkanes) is 29. The fraction of sp³-hybridized carbons (Fsp3) is 0.896. The summed E-state index contributed by atoms with van der Waals surface area (Å²) >= 11 is 0. The van der Waals surface area contributed by atoms with Crippen molar-refractivity contribution in [2.75, 3.05) is 47.5 Å². The van der Waals surface area contributed by atoms with Crippen LogP contribution in [0.3, 0.4) is 0 Å². The van der Waals surface area contributed by atoms with E-state index >= 15 is 0 Å². The zero-order valence-corrected chi connectivity index (χ0v) is 39.2. The van der Waals surface area contributed by atoms with Crippen LogP contribution in [0.5, 0.6) is 0 Å². The van der Waals surface area contributed by atoms with Crippen LogP contribution in [-0.4, -0.2) is 64.1 Å². The Morgan fingerprint density at radius 3 is 1.37 bits per heavy atom. The minimum atomic E-state index is -4.54. The Morgan fingerprint density at radius 1 is 0.544 bits per heavy atom. The van der Waals surface area contributed by atoms with Crippen LogP contribution in [0.25, 0.3) is 0 Å². The third-order valence-electron chi connectivity index (χ3n) is 10.6. The summed E-state index contributed by atoms with van der Waals surface area (Å²) in [6.45, 7) is 4.75. The third-order valence-corrected chi connectivity index (χ3v) is 11.5. The highest BCUT2D eigenvalue weighted by atomic mass is 31.2. The van der Waals surface area contributed by atoms with Gasteiger partial charge in [0.2, 0.25) is 0 Å². The number of nitrogens with zero attached hydrogens (tertiary/aromatic N) is 1. The van der Waals surface area contributed by atoms with E-state index in [9.17, 15) is 14.3 Å². The van der Waals surface area contributed by atoms with E-state index < -0.39 is 13.9 Å². The summed E-state index contributed by atoms with van der Waals surface area (Å²) < 4.78 is 34.4. The summed E-state index contributed by atoms with van der Waals surface area (Å²) in [7, 11) is 1.33. The second-order valence-electron chi connectivity index (χ2n) is 17.5. The Kier molecular flexibility index (Phi) is 40.7. The number of allylic oxidation sites excluding steroid dienone is 3. The molecule has 0 radical (unpaired) electrons. The van der Waals surface area contributed by atoms with Crippen molar-refractivity contribution in [3.8, 4) is 0 Å². The number of quaternary nitrogens is 1. The van der Waals surface area contributed by atoms with Gasteiger partial charge in [0, 0.05) is 6.42 Å². The van der Waals surface area contributed by atoms with Gasteiger partial charge in [-0.1, -0.05) is 187 Å². The van der Waals surface area contributed by atoms with Crippen LogP contribution in [0.15, 0.2) is 24.5 Å². The van der Waals surface area contributed by atoms with Crippen molar-refractivity contribution in [2.24, 2.45) is 0 Å². The molecule has 0 fully saturated rings. The van der Waals surface area contributed by atoms with Crippen molar-refractivity contribution < 1.29 is 37.3 Å². The Morgan fingerprint density at radius 2 is 0.930 bits per heavy atom. The smallest absolute Gasteiger partial charge is 0.306 e. The van der Waals surface area contributed by atoms with Gasteiger partial charge in [0.05, 0.1) is 34.0 Å². The minimum Gasteiger partial charge on any atom is -0.756 e. The van der Waals surface area contributed by atoms with Crippen LogP contribution in [-0.2, 0) is 27.9 Å². The van der Waals surface area contributed by atoms with Crippen LogP contribution < -0.4 is 4.89 Å². The van der Waals surface area contributed by atoms with Crippen molar-refractivity contribution >= 4 is 13.8 Å². The largest absolute Gasteiger partial charge is 0.756 e. The Labute approximate surface area is 353 Å². The molecule has 338 valence electrons. The van der Waals surface area contributed by atoms with Gasteiger partial charge >= 0.3 is 5.97 Å². The normalized spacial score (nSPS) is 13.8. The number of likely N-dealkylation sites (N-methyl/N-ethyl adjacent to an activating group) is 1. The van der Waals surface area contributed by atoms with E-state index in [4.69, 9.17) is 18.5 Å². The molecule has 0 amide bonds.